The second-order valence-corrected chi connectivity index (χ2v) is 5.20. The van der Waals surface area contributed by atoms with Crippen LogP contribution in [0.4, 0.5) is 5.69 Å². The Kier molecular flexibility index (Phi) is 4.39. The minimum atomic E-state index is -0.977. The molecule has 1 aliphatic heterocycles. The number of aromatic carboxylic acids is 1. The van der Waals surface area contributed by atoms with Gasteiger partial charge in [-0.3, -0.25) is 4.79 Å². The molecule has 1 atom stereocenters. The summed E-state index contributed by atoms with van der Waals surface area (Å²) in [6.07, 6.45) is 2.85. The first-order chi connectivity index (χ1) is 9.52. The number of carbonyl (C=O) groups is 2. The molecule has 1 aromatic carbocycles. The number of anilines is 1. The fraction of sp³-hybridized carbons (Fsp3) is 0.467. The van der Waals surface area contributed by atoms with Crippen molar-refractivity contribution in [2.75, 3.05) is 11.4 Å². The highest BCUT2D eigenvalue weighted by molar-refractivity contribution is 5.98. The number of benzene rings is 1. The average Bonchev–Trinajstić information content (AvgIpc) is 2.81. The third-order valence-corrected chi connectivity index (χ3v) is 3.63. The zero-order valence-corrected chi connectivity index (χ0v) is 11.6. The van der Waals surface area contributed by atoms with Crippen LogP contribution in [0.5, 0.6) is 0 Å². The zero-order valence-electron chi connectivity index (χ0n) is 11.6. The molecule has 1 aromatic rings. The predicted octanol–water partition coefficient (Wildman–Crippen LogP) is 1.79. The van der Waals surface area contributed by atoms with Crippen molar-refractivity contribution in [1.29, 1.82) is 0 Å². The summed E-state index contributed by atoms with van der Waals surface area (Å²) in [6, 6.07) is 4.82. The number of carboxylic acids is 1. The highest BCUT2D eigenvalue weighted by Gasteiger charge is 2.26. The highest BCUT2D eigenvalue weighted by Crippen LogP contribution is 2.29. The molecule has 0 aromatic heterocycles. The molecule has 5 heteroatoms. The van der Waals surface area contributed by atoms with E-state index in [1.807, 2.05) is 6.92 Å². The van der Waals surface area contributed by atoms with Crippen molar-refractivity contribution in [3.63, 3.8) is 0 Å². The van der Waals surface area contributed by atoms with Crippen molar-refractivity contribution in [2.24, 2.45) is 5.73 Å². The number of nitrogens with zero attached hydrogens (tertiary/aromatic N) is 1. The van der Waals surface area contributed by atoms with E-state index >= 15 is 0 Å². The van der Waals surface area contributed by atoms with Gasteiger partial charge in [-0.2, -0.15) is 0 Å². The molecule has 0 bridgehead atoms. The third-order valence-electron chi connectivity index (χ3n) is 3.63. The Labute approximate surface area is 118 Å². The van der Waals surface area contributed by atoms with E-state index in [9.17, 15) is 9.59 Å². The van der Waals surface area contributed by atoms with Crippen LogP contribution in [0.1, 0.15) is 42.1 Å². The highest BCUT2D eigenvalue weighted by atomic mass is 16.4. The van der Waals surface area contributed by atoms with Crippen LogP contribution in [-0.2, 0) is 11.2 Å². The van der Waals surface area contributed by atoms with E-state index < -0.39 is 5.97 Å². The summed E-state index contributed by atoms with van der Waals surface area (Å²) in [5.41, 5.74) is 7.86. The van der Waals surface area contributed by atoms with E-state index in [2.05, 4.69) is 0 Å². The van der Waals surface area contributed by atoms with Gasteiger partial charge in [-0.25, -0.2) is 4.79 Å². The molecule has 1 amide bonds. The van der Waals surface area contributed by atoms with Crippen molar-refractivity contribution in [3.05, 3.63) is 29.3 Å². The van der Waals surface area contributed by atoms with Gasteiger partial charge in [0.2, 0.25) is 5.91 Å². The number of rotatable bonds is 5. The molecule has 0 radical (unpaired) electrons. The fourth-order valence-electron chi connectivity index (χ4n) is 2.58. The number of carbonyl (C=O) groups excluding carboxylic acids is 1. The Morgan fingerprint density at radius 2 is 2.20 bits per heavy atom. The Morgan fingerprint density at radius 1 is 1.45 bits per heavy atom. The van der Waals surface area contributed by atoms with E-state index in [0.717, 1.165) is 30.5 Å². The summed E-state index contributed by atoms with van der Waals surface area (Å²) in [5.74, 6) is -0.998. The molecule has 1 aliphatic rings. The Hall–Kier alpha value is -1.88. The summed E-state index contributed by atoms with van der Waals surface area (Å²) in [5, 5.41) is 9.03. The second-order valence-electron chi connectivity index (χ2n) is 5.20. The van der Waals surface area contributed by atoms with Crippen LogP contribution in [0, 0.1) is 0 Å². The first kappa shape index (κ1) is 14.5. The molecule has 0 saturated heterocycles. The van der Waals surface area contributed by atoms with E-state index in [-0.39, 0.29) is 17.5 Å². The van der Waals surface area contributed by atoms with E-state index in [4.69, 9.17) is 10.8 Å². The molecule has 0 spiro atoms. The van der Waals surface area contributed by atoms with Crippen LogP contribution in [0.2, 0.25) is 0 Å². The van der Waals surface area contributed by atoms with Crippen molar-refractivity contribution in [3.8, 4) is 0 Å². The molecule has 1 unspecified atom stereocenters. The predicted molar refractivity (Wildman–Crippen MR) is 77.0 cm³/mol. The maximum absolute atomic E-state index is 12.3. The number of amides is 1. The number of hydrogen-bond acceptors (Lipinski definition) is 3. The van der Waals surface area contributed by atoms with Gasteiger partial charge in [0.05, 0.1) is 5.56 Å². The summed E-state index contributed by atoms with van der Waals surface area (Å²) < 4.78 is 0. The minimum Gasteiger partial charge on any atom is -0.478 e. The lowest BCUT2D eigenvalue weighted by Crippen LogP contribution is -2.34. The van der Waals surface area contributed by atoms with Crippen molar-refractivity contribution in [2.45, 2.75) is 38.6 Å². The number of hydrogen-bond donors (Lipinski definition) is 2. The topological polar surface area (TPSA) is 83.6 Å². The van der Waals surface area contributed by atoms with Crippen LogP contribution in [0.25, 0.3) is 0 Å². The van der Waals surface area contributed by atoms with Gasteiger partial charge in [-0.1, -0.05) is 19.4 Å². The smallest absolute Gasteiger partial charge is 0.335 e. The standard InChI is InChI=1S/C15H20N2O3/c1-2-3-12(16)9-14(18)17-7-6-10-4-5-11(15(19)20)8-13(10)17/h4-5,8,12H,2-3,6-7,9,16H2,1H3,(H,19,20). The molecule has 20 heavy (non-hydrogen) atoms. The molecular formula is C15H20N2O3. The van der Waals surface area contributed by atoms with Gasteiger partial charge in [-0.05, 0) is 30.5 Å². The first-order valence-electron chi connectivity index (χ1n) is 6.95. The summed E-state index contributed by atoms with van der Waals surface area (Å²) in [4.78, 5) is 25.0. The lowest BCUT2D eigenvalue weighted by atomic mass is 10.1. The molecule has 0 fully saturated rings. The first-order valence-corrected chi connectivity index (χ1v) is 6.95. The maximum atomic E-state index is 12.3. The molecule has 2 rings (SSSR count). The lowest BCUT2D eigenvalue weighted by molar-refractivity contribution is -0.118. The number of fused-ring (bicyclic) bond motifs is 1. The maximum Gasteiger partial charge on any atom is 0.335 e. The molecule has 3 N–H and O–H groups in total. The molecule has 0 aliphatic carbocycles. The Balaban J connectivity index is 2.16. The van der Waals surface area contributed by atoms with E-state index in [1.165, 1.54) is 0 Å². The third kappa shape index (κ3) is 2.99. The lowest BCUT2D eigenvalue weighted by Gasteiger charge is -2.20. The van der Waals surface area contributed by atoms with E-state index in [1.54, 1.807) is 23.1 Å². The van der Waals surface area contributed by atoms with Crippen molar-refractivity contribution >= 4 is 17.6 Å². The molecule has 0 saturated carbocycles. The fourth-order valence-corrected chi connectivity index (χ4v) is 2.58. The van der Waals surface area contributed by atoms with Gasteiger partial charge in [0.25, 0.3) is 0 Å². The monoisotopic (exact) mass is 276 g/mol. The van der Waals surface area contributed by atoms with Crippen LogP contribution >= 0.6 is 0 Å². The summed E-state index contributed by atoms with van der Waals surface area (Å²) in [6.45, 7) is 2.64. The normalized spacial score (nSPS) is 15.0. The van der Waals surface area contributed by atoms with Crippen molar-refractivity contribution < 1.29 is 14.7 Å². The van der Waals surface area contributed by atoms with Gasteiger partial charge in [0, 0.05) is 24.7 Å². The van der Waals surface area contributed by atoms with Crippen LogP contribution in [0.15, 0.2) is 18.2 Å². The van der Waals surface area contributed by atoms with E-state index in [0.29, 0.717) is 13.0 Å². The molecule has 108 valence electrons. The number of carboxylic acid groups (broad SMARTS) is 1. The van der Waals surface area contributed by atoms with Gasteiger partial charge in [0.15, 0.2) is 0 Å². The largest absolute Gasteiger partial charge is 0.478 e. The Morgan fingerprint density at radius 3 is 2.85 bits per heavy atom. The SMILES string of the molecule is CCCC(N)CC(=O)N1CCc2ccc(C(=O)O)cc21. The van der Waals surface area contributed by atoms with Crippen molar-refractivity contribution in [1.82, 2.24) is 0 Å². The average molecular weight is 276 g/mol. The second kappa shape index (κ2) is 6.05. The number of nitrogens with two attached hydrogens (primary N) is 1. The van der Waals surface area contributed by atoms with Gasteiger partial charge >= 0.3 is 5.97 Å². The van der Waals surface area contributed by atoms with Gasteiger partial charge in [-0.15, -0.1) is 0 Å². The summed E-state index contributed by atoms with van der Waals surface area (Å²) in [7, 11) is 0. The van der Waals surface area contributed by atoms with Gasteiger partial charge in [0.1, 0.15) is 0 Å². The minimum absolute atomic E-state index is 0.0211. The Bertz CT molecular complexity index is 528. The molecular weight excluding hydrogens is 256 g/mol. The van der Waals surface area contributed by atoms with Crippen LogP contribution in [-0.4, -0.2) is 29.6 Å². The zero-order chi connectivity index (χ0) is 14.7. The quantitative estimate of drug-likeness (QED) is 0.858. The summed E-state index contributed by atoms with van der Waals surface area (Å²) >= 11 is 0. The van der Waals surface area contributed by atoms with Crippen LogP contribution < -0.4 is 10.6 Å². The van der Waals surface area contributed by atoms with Gasteiger partial charge < -0.3 is 15.7 Å². The molecule has 5 nitrogen and oxygen atoms in total. The van der Waals surface area contributed by atoms with Crippen LogP contribution in [0.3, 0.4) is 0 Å². The molecule has 1 heterocycles.